The molecule has 2 N–H and O–H groups in total. The highest BCUT2D eigenvalue weighted by atomic mass is 32.1. The molecule has 3 aromatic rings. The number of rotatable bonds is 4. The van der Waals surface area contributed by atoms with Crippen LogP contribution in [-0.4, -0.2) is 24.2 Å². The minimum atomic E-state index is -0.378. The fraction of sp³-hybridized carbons (Fsp3) is 0.111. The van der Waals surface area contributed by atoms with Crippen LogP contribution in [0, 0.1) is 0 Å². The van der Waals surface area contributed by atoms with Crippen molar-refractivity contribution in [2.75, 3.05) is 14.2 Å². The smallest absolute Gasteiger partial charge is 0.272 e. The van der Waals surface area contributed by atoms with Crippen LogP contribution in [0.25, 0.3) is 12.2 Å². The minimum Gasteiger partial charge on any atom is -0.493 e. The highest BCUT2D eigenvalue weighted by Crippen LogP contribution is 2.27. The average Bonchev–Trinajstić information content (AvgIpc) is 3.12. The van der Waals surface area contributed by atoms with Crippen LogP contribution >= 0.6 is 11.3 Å². The van der Waals surface area contributed by atoms with Crippen molar-refractivity contribution in [1.82, 2.24) is 9.97 Å². The molecule has 25 heavy (non-hydrogen) atoms. The first-order valence-electron chi connectivity index (χ1n) is 7.42. The van der Waals surface area contributed by atoms with Gasteiger partial charge in [0, 0.05) is 4.88 Å². The molecule has 0 atom stereocenters. The number of hydrogen-bond acceptors (Lipinski definition) is 5. The monoisotopic (exact) mass is 356 g/mol. The molecule has 6 nitrogen and oxygen atoms in total. The number of aromatic nitrogens is 2. The lowest BCUT2D eigenvalue weighted by Crippen LogP contribution is -2.46. The highest BCUT2D eigenvalue weighted by molar-refractivity contribution is 7.10. The molecule has 0 aliphatic rings. The number of nitrogens with one attached hydrogen (secondary N) is 2. The van der Waals surface area contributed by atoms with Crippen molar-refractivity contribution in [3.8, 4) is 11.5 Å². The topological polar surface area (TPSA) is 84.2 Å². The molecule has 0 fully saturated rings. The second kappa shape index (κ2) is 7.23. The van der Waals surface area contributed by atoms with Gasteiger partial charge < -0.3 is 19.4 Å². The Morgan fingerprint density at radius 1 is 0.920 bits per heavy atom. The van der Waals surface area contributed by atoms with Crippen LogP contribution in [0.5, 0.6) is 11.5 Å². The number of ether oxygens (including phenoxy) is 2. The van der Waals surface area contributed by atoms with Gasteiger partial charge in [0.2, 0.25) is 0 Å². The Bertz CT molecular complexity index is 1110. The maximum atomic E-state index is 12.3. The normalized spacial score (nSPS) is 12.4. The van der Waals surface area contributed by atoms with Crippen LogP contribution in [0.3, 0.4) is 0 Å². The Labute approximate surface area is 146 Å². The van der Waals surface area contributed by atoms with Crippen molar-refractivity contribution in [1.29, 1.82) is 0 Å². The van der Waals surface area contributed by atoms with E-state index in [4.69, 9.17) is 9.47 Å². The number of benzene rings is 1. The molecule has 0 spiro atoms. The fourth-order valence-corrected chi connectivity index (χ4v) is 2.98. The highest BCUT2D eigenvalue weighted by Gasteiger charge is 2.04. The molecule has 2 aromatic heterocycles. The zero-order chi connectivity index (χ0) is 17.8. The molecule has 128 valence electrons. The molecule has 0 saturated heterocycles. The summed E-state index contributed by atoms with van der Waals surface area (Å²) >= 11 is 1.48. The van der Waals surface area contributed by atoms with Crippen molar-refractivity contribution in [2.45, 2.75) is 0 Å². The molecule has 0 saturated carbocycles. The van der Waals surface area contributed by atoms with E-state index in [-0.39, 0.29) is 21.8 Å². The molecule has 0 amide bonds. The third-order valence-corrected chi connectivity index (χ3v) is 4.35. The first kappa shape index (κ1) is 16.8. The van der Waals surface area contributed by atoms with Crippen LogP contribution in [0.1, 0.15) is 10.4 Å². The first-order valence-corrected chi connectivity index (χ1v) is 8.30. The van der Waals surface area contributed by atoms with Gasteiger partial charge in [-0.2, -0.15) is 0 Å². The quantitative estimate of drug-likeness (QED) is 0.724. The Morgan fingerprint density at radius 2 is 1.60 bits per heavy atom. The fourth-order valence-electron chi connectivity index (χ4n) is 2.32. The molecule has 3 rings (SSSR count). The Morgan fingerprint density at radius 3 is 2.20 bits per heavy atom. The largest absolute Gasteiger partial charge is 0.493 e. The molecule has 0 aliphatic heterocycles. The van der Waals surface area contributed by atoms with Gasteiger partial charge in [0.15, 0.2) is 11.5 Å². The summed E-state index contributed by atoms with van der Waals surface area (Å²) in [4.78, 5) is 30.6. The Balaban J connectivity index is 2.10. The summed E-state index contributed by atoms with van der Waals surface area (Å²) in [6.07, 6.45) is 3.22. The molecule has 7 heteroatoms. The zero-order valence-corrected chi connectivity index (χ0v) is 14.5. The van der Waals surface area contributed by atoms with Gasteiger partial charge in [-0.05, 0) is 41.3 Å². The molecule has 1 aromatic carbocycles. The average molecular weight is 356 g/mol. The van der Waals surface area contributed by atoms with Crippen molar-refractivity contribution in [3.05, 3.63) is 77.6 Å². The van der Waals surface area contributed by atoms with E-state index in [9.17, 15) is 9.59 Å². The molecular formula is C18H16N2O4S. The predicted molar refractivity (Wildman–Crippen MR) is 97.9 cm³/mol. The molecule has 2 heterocycles. The maximum absolute atomic E-state index is 12.3. The number of hydrogen-bond donors (Lipinski definition) is 2. The number of H-pyrrole nitrogens is 2. The van der Waals surface area contributed by atoms with Crippen LogP contribution in [0.2, 0.25) is 0 Å². The van der Waals surface area contributed by atoms with Gasteiger partial charge in [0.25, 0.3) is 11.1 Å². The third kappa shape index (κ3) is 3.72. The van der Waals surface area contributed by atoms with Crippen molar-refractivity contribution >= 4 is 23.5 Å². The van der Waals surface area contributed by atoms with Gasteiger partial charge in [0.05, 0.1) is 14.2 Å². The van der Waals surface area contributed by atoms with Crippen LogP contribution in [-0.2, 0) is 0 Å². The predicted octanol–water partition coefficient (Wildman–Crippen LogP) is 0.799. The van der Waals surface area contributed by atoms with Gasteiger partial charge >= 0.3 is 0 Å². The van der Waals surface area contributed by atoms with Crippen molar-refractivity contribution < 1.29 is 9.47 Å². The van der Waals surface area contributed by atoms with Gasteiger partial charge in [-0.25, -0.2) is 0 Å². The van der Waals surface area contributed by atoms with E-state index in [2.05, 4.69) is 9.97 Å². The first-order chi connectivity index (χ1) is 12.1. The van der Waals surface area contributed by atoms with E-state index in [1.54, 1.807) is 37.5 Å². The van der Waals surface area contributed by atoms with Crippen LogP contribution in [0.4, 0.5) is 0 Å². The Kier molecular flexibility index (Phi) is 4.85. The van der Waals surface area contributed by atoms with E-state index in [0.29, 0.717) is 17.1 Å². The lowest BCUT2D eigenvalue weighted by atomic mass is 10.2. The van der Waals surface area contributed by atoms with E-state index >= 15 is 0 Å². The molecule has 0 bridgehead atoms. The second-order valence-corrected chi connectivity index (χ2v) is 6.13. The lowest BCUT2D eigenvalue weighted by molar-refractivity contribution is 0.355. The summed E-state index contributed by atoms with van der Waals surface area (Å²) in [6.45, 7) is 0. The molecule has 0 unspecified atom stereocenters. The summed E-state index contributed by atoms with van der Waals surface area (Å²) in [5.74, 6) is 1.13. The number of methoxy groups -OCH3 is 2. The van der Waals surface area contributed by atoms with E-state index in [1.165, 1.54) is 18.4 Å². The van der Waals surface area contributed by atoms with Crippen LogP contribution < -0.4 is 31.3 Å². The van der Waals surface area contributed by atoms with E-state index in [0.717, 1.165) is 4.88 Å². The standard InChI is InChI=1S/C18H16N2O4S/c1-23-15-6-5-11(9-16(15)24-2)8-13-17(21)20-14(18(22)19-13)10-12-4-3-7-25-12/h3-10H,1-2H3,(H,19,22)(H,20,21)/b13-8-,14-10-. The SMILES string of the molecule is COc1ccc(/C=c2\[nH]c(=O)/c(=C/c3cccs3)[nH]c2=O)cc1OC. The summed E-state index contributed by atoms with van der Waals surface area (Å²) in [5, 5.41) is 2.29. The van der Waals surface area contributed by atoms with Crippen molar-refractivity contribution in [3.63, 3.8) is 0 Å². The van der Waals surface area contributed by atoms with Gasteiger partial charge in [-0.3, -0.25) is 9.59 Å². The van der Waals surface area contributed by atoms with Gasteiger partial charge in [-0.15, -0.1) is 11.3 Å². The minimum absolute atomic E-state index is 0.167. The number of aromatic amines is 2. The zero-order valence-electron chi connectivity index (χ0n) is 13.7. The Hall–Kier alpha value is -3.06. The molecule has 0 aliphatic carbocycles. The number of thiophene rings is 1. The summed E-state index contributed by atoms with van der Waals surface area (Å²) < 4.78 is 10.4. The summed E-state index contributed by atoms with van der Waals surface area (Å²) in [5.41, 5.74) is -0.0364. The summed E-state index contributed by atoms with van der Waals surface area (Å²) in [6, 6.07) is 8.97. The second-order valence-electron chi connectivity index (χ2n) is 5.15. The maximum Gasteiger partial charge on any atom is 0.272 e. The third-order valence-electron chi connectivity index (χ3n) is 3.53. The van der Waals surface area contributed by atoms with E-state index in [1.807, 2.05) is 17.5 Å². The van der Waals surface area contributed by atoms with Gasteiger partial charge in [-0.1, -0.05) is 12.1 Å². The molecule has 0 radical (unpaired) electrons. The van der Waals surface area contributed by atoms with Gasteiger partial charge in [0.1, 0.15) is 10.7 Å². The lowest BCUT2D eigenvalue weighted by Gasteiger charge is -2.07. The van der Waals surface area contributed by atoms with Crippen molar-refractivity contribution in [2.24, 2.45) is 0 Å². The van der Waals surface area contributed by atoms with Crippen LogP contribution in [0.15, 0.2) is 45.3 Å². The molecular weight excluding hydrogens is 340 g/mol. The summed E-state index contributed by atoms with van der Waals surface area (Å²) in [7, 11) is 3.08. The van der Waals surface area contributed by atoms with E-state index < -0.39 is 0 Å².